The highest BCUT2D eigenvalue weighted by atomic mass is 16.4. The van der Waals surface area contributed by atoms with E-state index >= 15 is 0 Å². The number of nitrogens with one attached hydrogen (secondary N) is 1. The Hall–Kier alpha value is -2.89. The fraction of sp³-hybridized carbons (Fsp3) is 0.133. The van der Waals surface area contributed by atoms with Crippen molar-refractivity contribution in [3.8, 4) is 0 Å². The van der Waals surface area contributed by atoms with E-state index < -0.39 is 18.0 Å². The molecule has 0 bridgehead atoms. The van der Waals surface area contributed by atoms with Gasteiger partial charge >= 0.3 is 12.0 Å². The SMILES string of the molecule is CN(C(=O)N[C@H](C(=O)O)c1ccccc1)c1cccnc1. The first-order valence-electron chi connectivity index (χ1n) is 6.31. The van der Waals surface area contributed by atoms with Gasteiger partial charge < -0.3 is 10.4 Å². The zero-order chi connectivity index (χ0) is 15.2. The molecule has 0 saturated heterocycles. The Morgan fingerprint density at radius 3 is 2.48 bits per heavy atom. The van der Waals surface area contributed by atoms with Gasteiger partial charge in [0.15, 0.2) is 6.04 Å². The Morgan fingerprint density at radius 2 is 1.90 bits per heavy atom. The summed E-state index contributed by atoms with van der Waals surface area (Å²) in [4.78, 5) is 28.7. The molecule has 1 heterocycles. The van der Waals surface area contributed by atoms with Crippen LogP contribution in [0.15, 0.2) is 54.9 Å². The van der Waals surface area contributed by atoms with E-state index in [-0.39, 0.29) is 0 Å². The Morgan fingerprint density at radius 1 is 1.19 bits per heavy atom. The van der Waals surface area contributed by atoms with Gasteiger partial charge in [0.1, 0.15) is 0 Å². The van der Waals surface area contributed by atoms with E-state index in [1.54, 1.807) is 55.7 Å². The number of carboxylic acid groups (broad SMARTS) is 1. The van der Waals surface area contributed by atoms with E-state index in [2.05, 4.69) is 10.3 Å². The summed E-state index contributed by atoms with van der Waals surface area (Å²) in [6.07, 6.45) is 3.12. The predicted molar refractivity (Wildman–Crippen MR) is 78.0 cm³/mol. The van der Waals surface area contributed by atoms with Crippen LogP contribution in [0.4, 0.5) is 10.5 Å². The van der Waals surface area contributed by atoms with Crippen molar-refractivity contribution in [1.82, 2.24) is 10.3 Å². The van der Waals surface area contributed by atoms with Gasteiger partial charge in [0.2, 0.25) is 0 Å². The lowest BCUT2D eigenvalue weighted by molar-refractivity contribution is -0.139. The van der Waals surface area contributed by atoms with Crippen LogP contribution >= 0.6 is 0 Å². The number of pyridine rings is 1. The number of benzene rings is 1. The molecule has 2 rings (SSSR count). The monoisotopic (exact) mass is 285 g/mol. The average molecular weight is 285 g/mol. The Labute approximate surface area is 122 Å². The van der Waals surface area contributed by atoms with Crippen molar-refractivity contribution in [2.24, 2.45) is 0 Å². The molecule has 0 saturated carbocycles. The Kier molecular flexibility index (Phi) is 4.50. The quantitative estimate of drug-likeness (QED) is 0.900. The normalized spacial score (nSPS) is 11.5. The minimum absolute atomic E-state index is 0.512. The van der Waals surface area contributed by atoms with Crippen molar-refractivity contribution in [2.75, 3.05) is 11.9 Å². The van der Waals surface area contributed by atoms with E-state index in [9.17, 15) is 14.7 Å². The highest BCUT2D eigenvalue weighted by Crippen LogP contribution is 2.15. The van der Waals surface area contributed by atoms with Gasteiger partial charge in [-0.2, -0.15) is 0 Å². The van der Waals surface area contributed by atoms with Crippen LogP contribution in [0.5, 0.6) is 0 Å². The number of anilines is 1. The van der Waals surface area contributed by atoms with E-state index in [0.717, 1.165) is 0 Å². The molecule has 21 heavy (non-hydrogen) atoms. The summed E-state index contributed by atoms with van der Waals surface area (Å²) in [5.41, 5.74) is 1.09. The Balaban J connectivity index is 2.14. The lowest BCUT2D eigenvalue weighted by Gasteiger charge is -2.21. The lowest BCUT2D eigenvalue weighted by Crippen LogP contribution is -2.42. The van der Waals surface area contributed by atoms with Crippen LogP contribution in [0.2, 0.25) is 0 Å². The molecule has 0 aliphatic heterocycles. The van der Waals surface area contributed by atoms with Crippen LogP contribution < -0.4 is 10.2 Å². The van der Waals surface area contributed by atoms with Gasteiger partial charge in [-0.15, -0.1) is 0 Å². The number of carbonyl (C=O) groups excluding carboxylic acids is 1. The van der Waals surface area contributed by atoms with Gasteiger partial charge in [0.25, 0.3) is 0 Å². The highest BCUT2D eigenvalue weighted by Gasteiger charge is 2.23. The maximum Gasteiger partial charge on any atom is 0.330 e. The summed E-state index contributed by atoms with van der Waals surface area (Å²) in [6, 6.07) is 10.3. The van der Waals surface area contributed by atoms with Crippen LogP contribution in [0.1, 0.15) is 11.6 Å². The molecule has 2 aromatic rings. The second kappa shape index (κ2) is 6.51. The summed E-state index contributed by atoms with van der Waals surface area (Å²) < 4.78 is 0. The number of aromatic nitrogens is 1. The molecule has 0 fully saturated rings. The van der Waals surface area contributed by atoms with Crippen molar-refractivity contribution < 1.29 is 14.7 Å². The molecule has 6 nitrogen and oxygen atoms in total. The molecule has 2 amide bonds. The van der Waals surface area contributed by atoms with Crippen molar-refractivity contribution in [2.45, 2.75) is 6.04 Å². The number of hydrogen-bond acceptors (Lipinski definition) is 3. The maximum atomic E-state index is 12.2. The van der Waals surface area contributed by atoms with E-state index in [1.807, 2.05) is 0 Å². The molecule has 1 aromatic carbocycles. The first-order valence-corrected chi connectivity index (χ1v) is 6.31. The molecule has 0 aliphatic rings. The highest BCUT2D eigenvalue weighted by molar-refractivity contribution is 5.94. The number of hydrogen-bond donors (Lipinski definition) is 2. The molecule has 0 radical (unpaired) electrons. The fourth-order valence-electron chi connectivity index (χ4n) is 1.82. The number of amides is 2. The summed E-state index contributed by atoms with van der Waals surface area (Å²) in [5, 5.41) is 11.8. The molecule has 108 valence electrons. The van der Waals surface area contributed by atoms with Gasteiger partial charge in [-0.1, -0.05) is 30.3 Å². The molecule has 0 unspecified atom stereocenters. The third-order valence-corrected chi connectivity index (χ3v) is 2.99. The van der Waals surface area contributed by atoms with Gasteiger partial charge in [0, 0.05) is 13.2 Å². The molecule has 6 heteroatoms. The van der Waals surface area contributed by atoms with Crippen LogP contribution in [0.3, 0.4) is 0 Å². The minimum atomic E-state index is -1.12. The van der Waals surface area contributed by atoms with Crippen molar-refractivity contribution in [1.29, 1.82) is 0 Å². The second-order valence-corrected chi connectivity index (χ2v) is 4.40. The van der Waals surface area contributed by atoms with E-state index in [1.165, 1.54) is 11.1 Å². The molecule has 0 spiro atoms. The number of carboxylic acids is 1. The van der Waals surface area contributed by atoms with Crippen LogP contribution in [0, 0.1) is 0 Å². The number of aliphatic carboxylic acids is 1. The maximum absolute atomic E-state index is 12.2. The fourth-order valence-corrected chi connectivity index (χ4v) is 1.82. The third kappa shape index (κ3) is 3.56. The smallest absolute Gasteiger partial charge is 0.330 e. The molecule has 1 atom stereocenters. The standard InChI is InChI=1S/C15H15N3O3/c1-18(12-8-5-9-16-10-12)15(21)17-13(14(19)20)11-6-3-2-4-7-11/h2-10,13H,1H3,(H,17,21)(H,19,20)/t13-/m0/s1. The molecule has 2 N–H and O–H groups in total. The zero-order valence-corrected chi connectivity index (χ0v) is 11.4. The van der Waals surface area contributed by atoms with Gasteiger partial charge in [-0.05, 0) is 17.7 Å². The molecular weight excluding hydrogens is 270 g/mol. The first-order chi connectivity index (χ1) is 10.1. The molecule has 1 aromatic heterocycles. The predicted octanol–water partition coefficient (Wildman–Crippen LogP) is 2.05. The van der Waals surface area contributed by atoms with Crippen molar-refractivity contribution in [3.05, 3.63) is 60.4 Å². The molecule has 0 aliphatic carbocycles. The van der Waals surface area contributed by atoms with Crippen LogP contribution in [-0.2, 0) is 4.79 Å². The Bertz CT molecular complexity index is 617. The van der Waals surface area contributed by atoms with Crippen molar-refractivity contribution in [3.63, 3.8) is 0 Å². The number of rotatable bonds is 4. The minimum Gasteiger partial charge on any atom is -0.479 e. The number of carbonyl (C=O) groups is 2. The summed E-state index contributed by atoms with van der Waals surface area (Å²) in [6.45, 7) is 0. The third-order valence-electron chi connectivity index (χ3n) is 2.99. The van der Waals surface area contributed by atoms with Crippen LogP contribution in [-0.4, -0.2) is 29.1 Å². The van der Waals surface area contributed by atoms with Gasteiger partial charge in [-0.3, -0.25) is 9.88 Å². The second-order valence-electron chi connectivity index (χ2n) is 4.40. The summed E-state index contributed by atoms with van der Waals surface area (Å²) in [7, 11) is 1.55. The zero-order valence-electron chi connectivity index (χ0n) is 11.4. The molecular formula is C15H15N3O3. The first kappa shape index (κ1) is 14.5. The number of urea groups is 1. The van der Waals surface area contributed by atoms with Gasteiger partial charge in [-0.25, -0.2) is 9.59 Å². The lowest BCUT2D eigenvalue weighted by atomic mass is 10.1. The topological polar surface area (TPSA) is 82.5 Å². The van der Waals surface area contributed by atoms with Crippen LogP contribution in [0.25, 0.3) is 0 Å². The van der Waals surface area contributed by atoms with Crippen molar-refractivity contribution >= 4 is 17.7 Å². The van der Waals surface area contributed by atoms with Gasteiger partial charge in [0.05, 0.1) is 11.9 Å². The average Bonchev–Trinajstić information content (AvgIpc) is 2.53. The van der Waals surface area contributed by atoms with E-state index in [4.69, 9.17) is 0 Å². The largest absolute Gasteiger partial charge is 0.479 e. The van der Waals surface area contributed by atoms with E-state index in [0.29, 0.717) is 11.3 Å². The summed E-state index contributed by atoms with van der Waals surface area (Å²) >= 11 is 0. The number of nitrogens with zero attached hydrogens (tertiary/aromatic N) is 2. The summed E-state index contributed by atoms with van der Waals surface area (Å²) in [5.74, 6) is -1.12.